The fraction of sp³-hybridized carbons (Fsp3) is 0.750. The summed E-state index contributed by atoms with van der Waals surface area (Å²) < 4.78 is 36.3. The quantitative estimate of drug-likeness (QED) is 0.757. The van der Waals surface area contributed by atoms with E-state index in [9.17, 15) is 22.8 Å². The molecule has 0 rings (SSSR count). The Labute approximate surface area is 84.5 Å². The molecule has 15 heavy (non-hydrogen) atoms. The summed E-state index contributed by atoms with van der Waals surface area (Å²) in [6, 6.07) is -1.50. The van der Waals surface area contributed by atoms with Crippen molar-refractivity contribution in [2.45, 2.75) is 32.5 Å². The molecule has 0 spiro atoms. The lowest BCUT2D eigenvalue weighted by atomic mass is 10.0. The van der Waals surface area contributed by atoms with Gasteiger partial charge in [0.05, 0.1) is 5.92 Å². The van der Waals surface area contributed by atoms with E-state index in [1.807, 2.05) is 5.32 Å². The van der Waals surface area contributed by atoms with Crippen molar-refractivity contribution in [3.8, 4) is 0 Å². The van der Waals surface area contributed by atoms with Crippen molar-refractivity contribution in [3.63, 3.8) is 0 Å². The van der Waals surface area contributed by atoms with Crippen LogP contribution in [0.4, 0.5) is 13.2 Å². The Morgan fingerprint density at radius 2 is 1.87 bits per heavy atom. The SMILES string of the molecule is CC(=O)N[C@@H](C[C@@H](C)C(F)(F)F)C(=O)O. The van der Waals surface area contributed by atoms with E-state index in [-0.39, 0.29) is 0 Å². The van der Waals surface area contributed by atoms with Crippen LogP contribution in [0.1, 0.15) is 20.3 Å². The zero-order valence-electron chi connectivity index (χ0n) is 8.26. The van der Waals surface area contributed by atoms with Crippen LogP contribution in [0.25, 0.3) is 0 Å². The van der Waals surface area contributed by atoms with E-state index >= 15 is 0 Å². The van der Waals surface area contributed by atoms with Crippen LogP contribution in [0.5, 0.6) is 0 Å². The average molecular weight is 227 g/mol. The van der Waals surface area contributed by atoms with E-state index < -0.39 is 36.4 Å². The Balaban J connectivity index is 4.42. The molecule has 4 nitrogen and oxygen atoms in total. The van der Waals surface area contributed by atoms with Gasteiger partial charge in [-0.1, -0.05) is 6.92 Å². The number of carboxylic acids is 1. The fourth-order valence-corrected chi connectivity index (χ4v) is 0.954. The Kier molecular flexibility index (Phi) is 4.57. The van der Waals surface area contributed by atoms with Crippen LogP contribution < -0.4 is 5.32 Å². The van der Waals surface area contributed by atoms with Gasteiger partial charge in [0.15, 0.2) is 0 Å². The van der Waals surface area contributed by atoms with Crippen molar-refractivity contribution in [2.75, 3.05) is 0 Å². The minimum Gasteiger partial charge on any atom is -0.480 e. The summed E-state index contributed by atoms with van der Waals surface area (Å²) in [5, 5.41) is 10.5. The molecule has 0 saturated heterocycles. The molecule has 0 aliphatic carbocycles. The minimum atomic E-state index is -4.45. The second kappa shape index (κ2) is 4.99. The molecule has 0 bridgehead atoms. The van der Waals surface area contributed by atoms with E-state index in [1.165, 1.54) is 0 Å². The summed E-state index contributed by atoms with van der Waals surface area (Å²) in [6.45, 7) is 1.92. The van der Waals surface area contributed by atoms with Crippen molar-refractivity contribution in [3.05, 3.63) is 0 Å². The van der Waals surface area contributed by atoms with Crippen molar-refractivity contribution in [2.24, 2.45) is 5.92 Å². The highest BCUT2D eigenvalue weighted by atomic mass is 19.4. The Bertz CT molecular complexity index is 252. The minimum absolute atomic E-state index is 0.668. The number of hydrogen-bond acceptors (Lipinski definition) is 2. The van der Waals surface area contributed by atoms with Crippen molar-refractivity contribution < 1.29 is 27.9 Å². The Hall–Kier alpha value is -1.27. The molecule has 0 aromatic heterocycles. The number of aliphatic carboxylic acids is 1. The normalized spacial score (nSPS) is 15.5. The van der Waals surface area contributed by atoms with E-state index in [1.54, 1.807) is 0 Å². The fourth-order valence-electron chi connectivity index (χ4n) is 0.954. The van der Waals surface area contributed by atoms with E-state index in [2.05, 4.69) is 0 Å². The summed E-state index contributed by atoms with van der Waals surface area (Å²) in [7, 11) is 0. The Morgan fingerprint density at radius 3 is 2.13 bits per heavy atom. The molecule has 2 N–H and O–H groups in total. The molecule has 0 aliphatic heterocycles. The van der Waals surface area contributed by atoms with Gasteiger partial charge in [-0.3, -0.25) is 4.79 Å². The maximum atomic E-state index is 12.1. The van der Waals surface area contributed by atoms with Crippen LogP contribution in [-0.2, 0) is 9.59 Å². The highest BCUT2D eigenvalue weighted by Gasteiger charge is 2.38. The van der Waals surface area contributed by atoms with Crippen molar-refractivity contribution >= 4 is 11.9 Å². The van der Waals surface area contributed by atoms with E-state index in [4.69, 9.17) is 5.11 Å². The molecular formula is C8H12F3NO3. The first-order valence-corrected chi connectivity index (χ1v) is 4.21. The highest BCUT2D eigenvalue weighted by molar-refractivity contribution is 5.82. The van der Waals surface area contributed by atoms with Crippen LogP contribution in [0, 0.1) is 5.92 Å². The van der Waals surface area contributed by atoms with Crippen LogP contribution in [0.2, 0.25) is 0 Å². The first kappa shape index (κ1) is 13.7. The Morgan fingerprint density at radius 1 is 1.40 bits per heavy atom. The number of nitrogens with one attached hydrogen (secondary N) is 1. The summed E-state index contributed by atoms with van der Waals surface area (Å²) >= 11 is 0. The molecule has 2 atom stereocenters. The molecule has 0 heterocycles. The van der Waals surface area contributed by atoms with Gasteiger partial charge in [-0.25, -0.2) is 4.79 Å². The van der Waals surface area contributed by atoms with Crippen LogP contribution in [0.15, 0.2) is 0 Å². The molecule has 88 valence electrons. The molecular weight excluding hydrogens is 215 g/mol. The third kappa shape index (κ3) is 5.24. The van der Waals surface area contributed by atoms with Crippen LogP contribution >= 0.6 is 0 Å². The zero-order chi connectivity index (χ0) is 12.2. The maximum absolute atomic E-state index is 12.1. The summed E-state index contributed by atoms with van der Waals surface area (Å²) in [4.78, 5) is 21.0. The zero-order valence-corrected chi connectivity index (χ0v) is 8.26. The molecule has 0 fully saturated rings. The summed E-state index contributed by atoms with van der Waals surface area (Å²) in [5.74, 6) is -3.91. The number of carboxylic acid groups (broad SMARTS) is 1. The van der Waals surface area contributed by atoms with Gasteiger partial charge in [-0.05, 0) is 6.42 Å². The van der Waals surface area contributed by atoms with Gasteiger partial charge in [0.1, 0.15) is 6.04 Å². The lowest BCUT2D eigenvalue weighted by Gasteiger charge is -2.20. The van der Waals surface area contributed by atoms with E-state index in [0.29, 0.717) is 0 Å². The number of rotatable bonds is 4. The molecule has 0 aromatic carbocycles. The monoisotopic (exact) mass is 227 g/mol. The third-order valence-corrected chi connectivity index (χ3v) is 1.82. The smallest absolute Gasteiger partial charge is 0.391 e. The molecule has 0 radical (unpaired) electrons. The van der Waals surface area contributed by atoms with Crippen molar-refractivity contribution in [1.29, 1.82) is 0 Å². The molecule has 0 aromatic rings. The number of halogens is 3. The molecule has 7 heteroatoms. The predicted octanol–water partition coefficient (Wildman–Crippen LogP) is 1.16. The second-order valence-electron chi connectivity index (χ2n) is 3.27. The number of hydrogen-bond donors (Lipinski definition) is 2. The van der Waals surface area contributed by atoms with Gasteiger partial charge in [0.25, 0.3) is 0 Å². The second-order valence-corrected chi connectivity index (χ2v) is 3.27. The lowest BCUT2D eigenvalue weighted by Crippen LogP contribution is -2.42. The average Bonchev–Trinajstić information content (AvgIpc) is 1.99. The van der Waals surface area contributed by atoms with Crippen LogP contribution in [0.3, 0.4) is 0 Å². The molecule has 0 saturated carbocycles. The van der Waals surface area contributed by atoms with Gasteiger partial charge < -0.3 is 10.4 Å². The molecule has 0 unspecified atom stereocenters. The number of carbonyl (C=O) groups excluding carboxylic acids is 1. The largest absolute Gasteiger partial charge is 0.480 e. The lowest BCUT2D eigenvalue weighted by molar-refractivity contribution is -0.174. The van der Waals surface area contributed by atoms with Crippen LogP contribution in [-0.4, -0.2) is 29.2 Å². The van der Waals surface area contributed by atoms with Crippen molar-refractivity contribution in [1.82, 2.24) is 5.32 Å². The van der Waals surface area contributed by atoms with E-state index in [0.717, 1.165) is 13.8 Å². The number of carbonyl (C=O) groups is 2. The highest BCUT2D eigenvalue weighted by Crippen LogP contribution is 2.29. The third-order valence-electron chi connectivity index (χ3n) is 1.82. The number of alkyl halides is 3. The summed E-state index contributed by atoms with van der Waals surface area (Å²) in [5.41, 5.74) is 0. The summed E-state index contributed by atoms with van der Waals surface area (Å²) in [6.07, 6.45) is -5.12. The topological polar surface area (TPSA) is 66.4 Å². The van der Waals surface area contributed by atoms with Gasteiger partial charge in [0.2, 0.25) is 5.91 Å². The van der Waals surface area contributed by atoms with Gasteiger partial charge >= 0.3 is 12.1 Å². The maximum Gasteiger partial charge on any atom is 0.391 e. The van der Waals surface area contributed by atoms with Gasteiger partial charge in [0, 0.05) is 6.92 Å². The standard InChI is InChI=1S/C8H12F3NO3/c1-4(8(9,10)11)3-6(7(14)15)12-5(2)13/h4,6H,3H2,1-2H3,(H,12,13)(H,14,15)/t4-,6+/m1/s1. The first-order valence-electron chi connectivity index (χ1n) is 4.21. The number of amides is 1. The molecule has 1 amide bonds. The van der Waals surface area contributed by atoms with Gasteiger partial charge in [-0.2, -0.15) is 13.2 Å². The van der Waals surface area contributed by atoms with Gasteiger partial charge in [-0.15, -0.1) is 0 Å². The predicted molar refractivity (Wildman–Crippen MR) is 45.1 cm³/mol. The first-order chi connectivity index (χ1) is 6.64. The molecule has 0 aliphatic rings.